The van der Waals surface area contributed by atoms with Crippen molar-refractivity contribution >= 4 is 5.91 Å². The molecule has 0 bridgehead atoms. The second-order valence-electron chi connectivity index (χ2n) is 6.03. The van der Waals surface area contributed by atoms with E-state index in [1.165, 1.54) is 16.7 Å². The molecule has 0 fully saturated rings. The lowest BCUT2D eigenvalue weighted by Crippen LogP contribution is -2.32. The Balaban J connectivity index is 1.55. The minimum atomic E-state index is 0.0100. The zero-order valence-corrected chi connectivity index (χ0v) is 13.5. The zero-order valence-electron chi connectivity index (χ0n) is 13.5. The highest BCUT2D eigenvalue weighted by molar-refractivity contribution is 5.84. The number of nitrogens with one attached hydrogen (secondary N) is 1. The molecular formula is C20H23NO2. The van der Waals surface area contributed by atoms with Crippen LogP contribution in [0.1, 0.15) is 35.4 Å². The second-order valence-corrected chi connectivity index (χ2v) is 6.03. The normalized spacial score (nSPS) is 16.5. The summed E-state index contributed by atoms with van der Waals surface area (Å²) in [5.41, 5.74) is 3.74. The summed E-state index contributed by atoms with van der Waals surface area (Å²) in [6, 6.07) is 16.3. The van der Waals surface area contributed by atoms with Gasteiger partial charge in [-0.25, -0.2) is 0 Å². The van der Waals surface area contributed by atoms with E-state index in [4.69, 9.17) is 4.74 Å². The van der Waals surface area contributed by atoms with Crippen LogP contribution in [0.25, 0.3) is 0 Å². The number of ether oxygens (including phenoxy) is 1. The highest BCUT2D eigenvalue weighted by Crippen LogP contribution is 2.31. The molecule has 0 radical (unpaired) electrons. The van der Waals surface area contributed by atoms with Gasteiger partial charge in [-0.1, -0.05) is 36.4 Å². The van der Waals surface area contributed by atoms with E-state index in [0.29, 0.717) is 6.54 Å². The summed E-state index contributed by atoms with van der Waals surface area (Å²) in [7, 11) is 1.66. The molecule has 2 aromatic rings. The van der Waals surface area contributed by atoms with Crippen molar-refractivity contribution in [3.8, 4) is 5.75 Å². The van der Waals surface area contributed by atoms with E-state index in [-0.39, 0.29) is 11.8 Å². The molecule has 1 aliphatic rings. The van der Waals surface area contributed by atoms with Crippen LogP contribution in [0, 0.1) is 0 Å². The standard InChI is InChI=1S/C20H23NO2/c1-23-17-11-9-15(10-12-17)13-14-21-20(22)19-8-4-6-16-5-2-3-7-18(16)19/h2-3,5,7,9-12,19H,4,6,8,13-14H2,1H3,(H,21,22). The molecule has 0 aliphatic heterocycles. The molecule has 1 N–H and O–H groups in total. The summed E-state index contributed by atoms with van der Waals surface area (Å²) in [4.78, 5) is 12.5. The van der Waals surface area contributed by atoms with Gasteiger partial charge in [-0.05, 0) is 54.5 Å². The van der Waals surface area contributed by atoms with Crippen molar-refractivity contribution in [2.75, 3.05) is 13.7 Å². The smallest absolute Gasteiger partial charge is 0.227 e. The van der Waals surface area contributed by atoms with Crippen LogP contribution in [-0.4, -0.2) is 19.6 Å². The Bertz CT molecular complexity index is 664. The van der Waals surface area contributed by atoms with Crippen molar-refractivity contribution in [1.82, 2.24) is 5.32 Å². The summed E-state index contributed by atoms with van der Waals surface area (Å²) in [5.74, 6) is 1.03. The maximum Gasteiger partial charge on any atom is 0.227 e. The lowest BCUT2D eigenvalue weighted by molar-refractivity contribution is -0.122. The molecular weight excluding hydrogens is 286 g/mol. The van der Waals surface area contributed by atoms with Crippen molar-refractivity contribution < 1.29 is 9.53 Å². The highest BCUT2D eigenvalue weighted by atomic mass is 16.5. The molecule has 0 saturated heterocycles. The maximum atomic E-state index is 12.5. The molecule has 3 nitrogen and oxygen atoms in total. The maximum absolute atomic E-state index is 12.5. The van der Waals surface area contributed by atoms with E-state index in [1.807, 2.05) is 30.3 Å². The number of benzene rings is 2. The van der Waals surface area contributed by atoms with Crippen LogP contribution < -0.4 is 10.1 Å². The Morgan fingerprint density at radius 3 is 2.74 bits per heavy atom. The molecule has 0 heterocycles. The molecule has 0 saturated carbocycles. The number of fused-ring (bicyclic) bond motifs is 1. The molecule has 23 heavy (non-hydrogen) atoms. The summed E-state index contributed by atoms with van der Waals surface area (Å²) in [6.07, 6.45) is 3.97. The SMILES string of the molecule is COc1ccc(CCNC(=O)C2CCCc3ccccc32)cc1. The van der Waals surface area contributed by atoms with Gasteiger partial charge in [0.15, 0.2) is 0 Å². The number of carbonyl (C=O) groups is 1. The third-order valence-corrected chi connectivity index (χ3v) is 4.56. The van der Waals surface area contributed by atoms with Crippen molar-refractivity contribution in [3.63, 3.8) is 0 Å². The third kappa shape index (κ3) is 3.73. The summed E-state index contributed by atoms with van der Waals surface area (Å²) >= 11 is 0. The van der Waals surface area contributed by atoms with Gasteiger partial charge >= 0.3 is 0 Å². The molecule has 120 valence electrons. The molecule has 0 spiro atoms. The average Bonchev–Trinajstić information content (AvgIpc) is 2.61. The molecule has 2 aromatic carbocycles. The fourth-order valence-electron chi connectivity index (χ4n) is 3.27. The van der Waals surface area contributed by atoms with Gasteiger partial charge in [-0.15, -0.1) is 0 Å². The van der Waals surface area contributed by atoms with Crippen LogP contribution in [-0.2, 0) is 17.6 Å². The van der Waals surface area contributed by atoms with Gasteiger partial charge in [0.2, 0.25) is 5.91 Å². The Kier molecular flexibility index (Phi) is 4.96. The monoisotopic (exact) mass is 309 g/mol. The largest absolute Gasteiger partial charge is 0.497 e. The number of hydrogen-bond donors (Lipinski definition) is 1. The predicted molar refractivity (Wildman–Crippen MR) is 91.8 cm³/mol. The first-order chi connectivity index (χ1) is 11.3. The first kappa shape index (κ1) is 15.6. The molecule has 1 aliphatic carbocycles. The lowest BCUT2D eigenvalue weighted by atomic mass is 9.82. The second kappa shape index (κ2) is 7.32. The van der Waals surface area contributed by atoms with Crippen LogP contribution >= 0.6 is 0 Å². The fraction of sp³-hybridized carbons (Fsp3) is 0.350. The van der Waals surface area contributed by atoms with Crippen molar-refractivity contribution in [1.29, 1.82) is 0 Å². The van der Waals surface area contributed by atoms with Crippen LogP contribution in [0.3, 0.4) is 0 Å². The first-order valence-corrected chi connectivity index (χ1v) is 8.26. The third-order valence-electron chi connectivity index (χ3n) is 4.56. The molecule has 1 atom stereocenters. The van der Waals surface area contributed by atoms with Gasteiger partial charge in [-0.2, -0.15) is 0 Å². The number of methoxy groups -OCH3 is 1. The van der Waals surface area contributed by atoms with Crippen LogP contribution in [0.5, 0.6) is 5.75 Å². The van der Waals surface area contributed by atoms with Gasteiger partial charge in [0.25, 0.3) is 0 Å². The van der Waals surface area contributed by atoms with Crippen molar-refractivity contribution in [3.05, 3.63) is 65.2 Å². The van der Waals surface area contributed by atoms with E-state index < -0.39 is 0 Å². The van der Waals surface area contributed by atoms with E-state index in [0.717, 1.165) is 31.4 Å². The van der Waals surface area contributed by atoms with Crippen LogP contribution in [0.2, 0.25) is 0 Å². The number of aryl methyl sites for hydroxylation is 1. The lowest BCUT2D eigenvalue weighted by Gasteiger charge is -2.24. The van der Waals surface area contributed by atoms with Gasteiger partial charge in [-0.3, -0.25) is 4.79 Å². The molecule has 1 unspecified atom stereocenters. The number of amides is 1. The van der Waals surface area contributed by atoms with E-state index in [9.17, 15) is 4.79 Å². The Hall–Kier alpha value is -2.29. The van der Waals surface area contributed by atoms with Crippen LogP contribution in [0.15, 0.2) is 48.5 Å². The topological polar surface area (TPSA) is 38.3 Å². The van der Waals surface area contributed by atoms with Crippen LogP contribution in [0.4, 0.5) is 0 Å². The summed E-state index contributed by atoms with van der Waals surface area (Å²) < 4.78 is 5.15. The quantitative estimate of drug-likeness (QED) is 0.918. The van der Waals surface area contributed by atoms with Gasteiger partial charge in [0, 0.05) is 6.54 Å². The summed E-state index contributed by atoms with van der Waals surface area (Å²) in [5, 5.41) is 3.10. The van der Waals surface area contributed by atoms with Crippen molar-refractivity contribution in [2.45, 2.75) is 31.6 Å². The zero-order chi connectivity index (χ0) is 16.1. The number of carbonyl (C=O) groups excluding carboxylic acids is 1. The van der Waals surface area contributed by atoms with E-state index in [1.54, 1.807) is 7.11 Å². The minimum Gasteiger partial charge on any atom is -0.497 e. The highest BCUT2D eigenvalue weighted by Gasteiger charge is 2.25. The molecule has 1 amide bonds. The number of rotatable bonds is 5. The Labute approximate surface area is 137 Å². The first-order valence-electron chi connectivity index (χ1n) is 8.26. The molecule has 3 rings (SSSR count). The average molecular weight is 309 g/mol. The van der Waals surface area contributed by atoms with E-state index in [2.05, 4.69) is 23.5 Å². The minimum absolute atomic E-state index is 0.0100. The van der Waals surface area contributed by atoms with Gasteiger partial charge < -0.3 is 10.1 Å². The number of hydrogen-bond acceptors (Lipinski definition) is 2. The Morgan fingerprint density at radius 1 is 1.17 bits per heavy atom. The fourth-order valence-corrected chi connectivity index (χ4v) is 3.27. The van der Waals surface area contributed by atoms with E-state index >= 15 is 0 Å². The molecule has 0 aromatic heterocycles. The van der Waals surface area contributed by atoms with Crippen molar-refractivity contribution in [2.24, 2.45) is 0 Å². The van der Waals surface area contributed by atoms with Gasteiger partial charge in [0.05, 0.1) is 13.0 Å². The summed E-state index contributed by atoms with van der Waals surface area (Å²) in [6.45, 7) is 0.670. The van der Waals surface area contributed by atoms with Gasteiger partial charge in [0.1, 0.15) is 5.75 Å². The Morgan fingerprint density at radius 2 is 1.96 bits per heavy atom. The molecule has 3 heteroatoms. The predicted octanol–water partition coefficient (Wildman–Crippen LogP) is 3.47.